The molecule has 0 radical (unpaired) electrons. The standard InChI is InChI=1S/C15H26O2/c1-11-5-9-15(10-6-11)12(13(2,3)16)7-8-14(15,4)17/h5,12,16-17H,6-10H2,1-4H3/t12-,14-,15-/m0/s1. The van der Waals surface area contributed by atoms with Crippen LogP contribution in [0.1, 0.15) is 59.8 Å². The molecule has 3 atom stereocenters. The first-order chi connectivity index (χ1) is 7.69. The van der Waals surface area contributed by atoms with Gasteiger partial charge in [-0.15, -0.1) is 0 Å². The highest BCUT2D eigenvalue weighted by Crippen LogP contribution is 2.60. The van der Waals surface area contributed by atoms with Crippen molar-refractivity contribution < 1.29 is 10.2 Å². The van der Waals surface area contributed by atoms with Crippen molar-refractivity contribution in [2.45, 2.75) is 71.0 Å². The fourth-order valence-electron chi connectivity index (χ4n) is 4.14. The lowest BCUT2D eigenvalue weighted by molar-refractivity contribution is -0.118. The molecule has 1 fully saturated rings. The molecule has 98 valence electrons. The lowest BCUT2D eigenvalue weighted by atomic mass is 9.59. The Labute approximate surface area is 105 Å². The predicted octanol–water partition coefficient (Wildman–Crippen LogP) is 3.03. The molecule has 2 aliphatic rings. The molecule has 0 saturated heterocycles. The van der Waals surface area contributed by atoms with Crippen molar-refractivity contribution in [1.29, 1.82) is 0 Å². The van der Waals surface area contributed by atoms with Gasteiger partial charge in [0.1, 0.15) is 0 Å². The molecule has 0 aliphatic heterocycles. The second-order valence-corrected chi connectivity index (χ2v) is 6.93. The SMILES string of the molecule is CC1=CC[C@]2(CC1)[C@H](C(C)(C)O)CC[C@]2(C)O. The van der Waals surface area contributed by atoms with E-state index >= 15 is 0 Å². The quantitative estimate of drug-likeness (QED) is 0.689. The van der Waals surface area contributed by atoms with Gasteiger partial charge < -0.3 is 10.2 Å². The fourth-order valence-corrected chi connectivity index (χ4v) is 4.14. The van der Waals surface area contributed by atoms with Crippen molar-refractivity contribution >= 4 is 0 Å². The minimum Gasteiger partial charge on any atom is -0.390 e. The summed E-state index contributed by atoms with van der Waals surface area (Å²) in [6.07, 6.45) is 7.00. The van der Waals surface area contributed by atoms with Crippen LogP contribution in [0.25, 0.3) is 0 Å². The van der Waals surface area contributed by atoms with Gasteiger partial charge in [-0.05, 0) is 65.7 Å². The van der Waals surface area contributed by atoms with E-state index in [1.54, 1.807) is 0 Å². The average Bonchev–Trinajstić information content (AvgIpc) is 2.43. The lowest BCUT2D eigenvalue weighted by Crippen LogP contribution is -2.51. The van der Waals surface area contributed by atoms with Gasteiger partial charge in [0.15, 0.2) is 0 Å². The summed E-state index contributed by atoms with van der Waals surface area (Å²) in [6.45, 7) is 7.92. The van der Waals surface area contributed by atoms with Crippen LogP contribution in [0.3, 0.4) is 0 Å². The van der Waals surface area contributed by atoms with E-state index < -0.39 is 11.2 Å². The molecule has 2 nitrogen and oxygen atoms in total. The van der Waals surface area contributed by atoms with Crippen molar-refractivity contribution in [1.82, 2.24) is 0 Å². The molecule has 2 aliphatic carbocycles. The molecular weight excluding hydrogens is 212 g/mol. The van der Waals surface area contributed by atoms with E-state index in [2.05, 4.69) is 13.0 Å². The van der Waals surface area contributed by atoms with E-state index in [1.165, 1.54) is 5.57 Å². The first-order valence-electron chi connectivity index (χ1n) is 6.79. The Kier molecular flexibility index (Phi) is 2.95. The number of hydrogen-bond donors (Lipinski definition) is 2. The minimum absolute atomic E-state index is 0.120. The molecule has 2 rings (SSSR count). The summed E-state index contributed by atoms with van der Waals surface area (Å²) >= 11 is 0. The summed E-state index contributed by atoms with van der Waals surface area (Å²) < 4.78 is 0. The van der Waals surface area contributed by atoms with Gasteiger partial charge in [-0.3, -0.25) is 0 Å². The van der Waals surface area contributed by atoms with Crippen LogP contribution in [0.5, 0.6) is 0 Å². The largest absolute Gasteiger partial charge is 0.390 e. The monoisotopic (exact) mass is 238 g/mol. The Bertz CT molecular complexity index is 335. The highest BCUT2D eigenvalue weighted by Gasteiger charge is 2.59. The maximum atomic E-state index is 10.7. The topological polar surface area (TPSA) is 40.5 Å². The van der Waals surface area contributed by atoms with E-state index in [1.807, 2.05) is 20.8 Å². The van der Waals surface area contributed by atoms with E-state index in [-0.39, 0.29) is 11.3 Å². The lowest BCUT2D eigenvalue weighted by Gasteiger charge is -2.49. The second-order valence-electron chi connectivity index (χ2n) is 6.93. The summed E-state index contributed by atoms with van der Waals surface area (Å²) in [7, 11) is 0. The van der Waals surface area contributed by atoms with Crippen LogP contribution in [0.2, 0.25) is 0 Å². The van der Waals surface area contributed by atoms with Crippen molar-refractivity contribution in [3.63, 3.8) is 0 Å². The maximum Gasteiger partial charge on any atom is 0.0682 e. The summed E-state index contributed by atoms with van der Waals surface area (Å²) in [4.78, 5) is 0. The Morgan fingerprint density at radius 3 is 2.47 bits per heavy atom. The molecule has 2 N–H and O–H groups in total. The van der Waals surface area contributed by atoms with E-state index in [0.717, 1.165) is 32.1 Å². The van der Waals surface area contributed by atoms with Crippen LogP contribution in [0, 0.1) is 11.3 Å². The molecule has 2 heteroatoms. The third-order valence-corrected chi connectivity index (χ3v) is 5.29. The van der Waals surface area contributed by atoms with Gasteiger partial charge in [-0.2, -0.15) is 0 Å². The number of hydrogen-bond acceptors (Lipinski definition) is 2. The summed E-state index contributed by atoms with van der Waals surface area (Å²) in [5.41, 5.74) is -0.0213. The van der Waals surface area contributed by atoms with Crippen LogP contribution in [-0.4, -0.2) is 21.4 Å². The van der Waals surface area contributed by atoms with Crippen molar-refractivity contribution in [3.8, 4) is 0 Å². The van der Waals surface area contributed by atoms with Crippen LogP contribution in [-0.2, 0) is 0 Å². The molecule has 0 aromatic rings. The zero-order chi connectivity index (χ0) is 12.9. The molecule has 17 heavy (non-hydrogen) atoms. The van der Waals surface area contributed by atoms with Crippen molar-refractivity contribution in [2.24, 2.45) is 11.3 Å². The van der Waals surface area contributed by atoms with Gasteiger partial charge >= 0.3 is 0 Å². The number of rotatable bonds is 1. The number of aliphatic hydroxyl groups is 2. The normalized spacial score (nSPS) is 42.9. The fraction of sp³-hybridized carbons (Fsp3) is 0.867. The van der Waals surface area contributed by atoms with Crippen molar-refractivity contribution in [2.75, 3.05) is 0 Å². The third kappa shape index (κ3) is 1.96. The molecule has 1 spiro atoms. The zero-order valence-electron chi connectivity index (χ0n) is 11.6. The van der Waals surface area contributed by atoms with E-state index in [9.17, 15) is 10.2 Å². The molecule has 0 heterocycles. The molecule has 0 aromatic carbocycles. The highest BCUT2D eigenvalue weighted by molar-refractivity contribution is 5.18. The first kappa shape index (κ1) is 13.1. The number of allylic oxidation sites excluding steroid dienone is 2. The summed E-state index contributed by atoms with van der Waals surface area (Å²) in [5, 5.41) is 21.2. The zero-order valence-corrected chi connectivity index (χ0v) is 11.6. The Morgan fingerprint density at radius 2 is 2.00 bits per heavy atom. The smallest absolute Gasteiger partial charge is 0.0682 e. The molecule has 0 amide bonds. The molecular formula is C15H26O2. The molecule has 0 aromatic heterocycles. The second kappa shape index (κ2) is 3.83. The maximum absolute atomic E-state index is 10.7. The van der Waals surface area contributed by atoms with Gasteiger partial charge in [0, 0.05) is 5.41 Å². The van der Waals surface area contributed by atoms with Crippen LogP contribution < -0.4 is 0 Å². The van der Waals surface area contributed by atoms with Crippen LogP contribution in [0.4, 0.5) is 0 Å². The molecule has 0 bridgehead atoms. The Morgan fingerprint density at radius 1 is 1.35 bits per heavy atom. The molecule has 1 saturated carbocycles. The van der Waals surface area contributed by atoms with Gasteiger partial charge in [-0.1, -0.05) is 11.6 Å². The van der Waals surface area contributed by atoms with Gasteiger partial charge in [0.25, 0.3) is 0 Å². The predicted molar refractivity (Wildman–Crippen MR) is 69.7 cm³/mol. The first-order valence-corrected chi connectivity index (χ1v) is 6.79. The average molecular weight is 238 g/mol. The summed E-state index contributed by atoms with van der Waals surface area (Å²) in [6, 6.07) is 0. The molecule has 0 unspecified atom stereocenters. The van der Waals surface area contributed by atoms with Crippen LogP contribution >= 0.6 is 0 Å². The highest BCUT2D eigenvalue weighted by atomic mass is 16.3. The minimum atomic E-state index is -0.695. The third-order valence-electron chi connectivity index (χ3n) is 5.29. The van der Waals surface area contributed by atoms with Gasteiger partial charge in [0.2, 0.25) is 0 Å². The Hall–Kier alpha value is -0.340. The van der Waals surface area contributed by atoms with Gasteiger partial charge in [0.05, 0.1) is 11.2 Å². The summed E-state index contributed by atoms with van der Waals surface area (Å²) in [5.74, 6) is 0.203. The van der Waals surface area contributed by atoms with E-state index in [4.69, 9.17) is 0 Å². The van der Waals surface area contributed by atoms with Crippen LogP contribution in [0.15, 0.2) is 11.6 Å². The van der Waals surface area contributed by atoms with Crippen molar-refractivity contribution in [3.05, 3.63) is 11.6 Å². The Balaban J connectivity index is 2.38. The van der Waals surface area contributed by atoms with Gasteiger partial charge in [-0.25, -0.2) is 0 Å². The van der Waals surface area contributed by atoms with E-state index in [0.29, 0.717) is 0 Å².